The molecule has 0 N–H and O–H groups in total. The van der Waals surface area contributed by atoms with E-state index in [9.17, 15) is 13.2 Å². The van der Waals surface area contributed by atoms with E-state index in [2.05, 4.69) is 54.6 Å². The number of aldehydes is 1. The van der Waals surface area contributed by atoms with Crippen molar-refractivity contribution in [2.24, 2.45) is 0 Å². The molecule has 0 saturated carbocycles. The van der Waals surface area contributed by atoms with Crippen LogP contribution in [0.5, 0.6) is 0 Å². The summed E-state index contributed by atoms with van der Waals surface area (Å²) < 4.78 is 31.1. The van der Waals surface area contributed by atoms with Crippen molar-refractivity contribution in [1.82, 2.24) is 8.87 Å². The summed E-state index contributed by atoms with van der Waals surface area (Å²) >= 11 is 3.99. The van der Waals surface area contributed by atoms with Gasteiger partial charge >= 0.3 is 0 Å². The minimum Gasteiger partial charge on any atom is -0.340 e. The van der Waals surface area contributed by atoms with Crippen molar-refractivity contribution in [3.63, 3.8) is 0 Å². The average Bonchev–Trinajstić information content (AvgIpc) is 3.34. The van der Waals surface area contributed by atoms with Gasteiger partial charge in [0.05, 0.1) is 11.4 Å². The predicted molar refractivity (Wildman–Crippen MR) is 134 cm³/mol. The van der Waals surface area contributed by atoms with Crippen LogP contribution in [0.2, 0.25) is 0 Å². The van der Waals surface area contributed by atoms with E-state index in [4.69, 9.17) is 0 Å². The highest BCUT2D eigenvalue weighted by molar-refractivity contribution is 14.1. The van der Waals surface area contributed by atoms with Gasteiger partial charge in [0.1, 0.15) is 6.29 Å². The van der Waals surface area contributed by atoms with Crippen molar-refractivity contribution in [3.8, 4) is 0 Å². The second kappa shape index (κ2) is 9.25. The van der Waals surface area contributed by atoms with E-state index in [-0.39, 0.29) is 5.92 Å². The SMILES string of the molecule is CC(C)Sc1ccc(S(=O)(=O)N2CCC(c3cn(CC=O)c4cc(I)ccc34)C2)cc1. The molecule has 164 valence electrons. The lowest BCUT2D eigenvalue weighted by atomic mass is 9.98. The van der Waals surface area contributed by atoms with Crippen LogP contribution in [-0.4, -0.2) is 41.9 Å². The third-order valence-corrected chi connectivity index (χ3v) is 9.14. The molecule has 1 aliphatic heterocycles. The van der Waals surface area contributed by atoms with Crippen LogP contribution in [0.3, 0.4) is 0 Å². The van der Waals surface area contributed by atoms with Crippen LogP contribution in [0.1, 0.15) is 31.7 Å². The number of benzene rings is 2. The zero-order chi connectivity index (χ0) is 22.2. The Balaban J connectivity index is 1.58. The molecule has 2 heterocycles. The van der Waals surface area contributed by atoms with E-state index in [1.807, 2.05) is 22.9 Å². The quantitative estimate of drug-likeness (QED) is 0.226. The molecule has 1 aliphatic rings. The summed E-state index contributed by atoms with van der Waals surface area (Å²) in [5, 5.41) is 1.55. The van der Waals surface area contributed by atoms with Gasteiger partial charge in [-0.1, -0.05) is 19.9 Å². The smallest absolute Gasteiger partial charge is 0.243 e. The largest absolute Gasteiger partial charge is 0.340 e. The summed E-state index contributed by atoms with van der Waals surface area (Å²) in [7, 11) is -3.53. The van der Waals surface area contributed by atoms with Gasteiger partial charge in [0.2, 0.25) is 10.0 Å². The fraction of sp³-hybridized carbons (Fsp3) is 0.348. The molecular formula is C23H25IN2O3S2. The van der Waals surface area contributed by atoms with Crippen molar-refractivity contribution in [2.45, 2.75) is 47.8 Å². The number of halogens is 1. The Morgan fingerprint density at radius 2 is 1.94 bits per heavy atom. The van der Waals surface area contributed by atoms with E-state index >= 15 is 0 Å². The van der Waals surface area contributed by atoms with E-state index in [0.29, 0.717) is 29.8 Å². The van der Waals surface area contributed by atoms with E-state index in [1.54, 1.807) is 28.2 Å². The number of hydrogen-bond donors (Lipinski definition) is 0. The van der Waals surface area contributed by atoms with Crippen molar-refractivity contribution in [2.75, 3.05) is 13.1 Å². The minimum atomic E-state index is -3.53. The number of thioether (sulfide) groups is 1. The Labute approximate surface area is 201 Å². The molecule has 3 aromatic rings. The van der Waals surface area contributed by atoms with Gasteiger partial charge in [0.15, 0.2) is 0 Å². The van der Waals surface area contributed by atoms with Crippen molar-refractivity contribution >= 4 is 61.6 Å². The summed E-state index contributed by atoms with van der Waals surface area (Å²) in [6.07, 6.45) is 3.69. The molecule has 2 aromatic carbocycles. The summed E-state index contributed by atoms with van der Waals surface area (Å²) in [4.78, 5) is 12.6. The van der Waals surface area contributed by atoms with Gasteiger partial charge in [-0.3, -0.25) is 0 Å². The lowest BCUT2D eigenvalue weighted by molar-refractivity contribution is -0.108. The number of hydrogen-bond acceptors (Lipinski definition) is 4. The van der Waals surface area contributed by atoms with Gasteiger partial charge in [0.25, 0.3) is 0 Å². The van der Waals surface area contributed by atoms with Gasteiger partial charge in [-0.05, 0) is 71.0 Å². The van der Waals surface area contributed by atoms with Crippen LogP contribution in [0.4, 0.5) is 0 Å². The molecule has 1 saturated heterocycles. The minimum absolute atomic E-state index is 0.112. The Morgan fingerprint density at radius 1 is 1.19 bits per heavy atom. The summed E-state index contributed by atoms with van der Waals surface area (Å²) in [5.74, 6) is 0.112. The monoisotopic (exact) mass is 568 g/mol. The number of aromatic nitrogens is 1. The average molecular weight is 569 g/mol. The Hall–Kier alpha value is -1.36. The zero-order valence-electron chi connectivity index (χ0n) is 17.5. The van der Waals surface area contributed by atoms with Crippen molar-refractivity contribution < 1.29 is 13.2 Å². The molecule has 1 unspecified atom stereocenters. The lowest BCUT2D eigenvalue weighted by Crippen LogP contribution is -2.28. The highest BCUT2D eigenvalue weighted by Gasteiger charge is 2.34. The van der Waals surface area contributed by atoms with Crippen molar-refractivity contribution in [1.29, 1.82) is 0 Å². The lowest BCUT2D eigenvalue weighted by Gasteiger charge is -2.17. The van der Waals surface area contributed by atoms with E-state index in [1.165, 1.54) is 0 Å². The van der Waals surface area contributed by atoms with Crippen LogP contribution >= 0.6 is 34.4 Å². The first-order valence-corrected chi connectivity index (χ1v) is 13.7. The zero-order valence-corrected chi connectivity index (χ0v) is 21.3. The second-order valence-corrected chi connectivity index (χ2v) is 12.9. The van der Waals surface area contributed by atoms with Gasteiger partial charge in [-0.15, -0.1) is 11.8 Å². The molecule has 8 heteroatoms. The molecule has 1 fully saturated rings. The number of nitrogens with zero attached hydrogens (tertiary/aromatic N) is 2. The molecule has 4 rings (SSSR count). The second-order valence-electron chi connectivity index (χ2n) is 8.05. The van der Waals surface area contributed by atoms with E-state index < -0.39 is 10.0 Å². The maximum atomic E-state index is 13.2. The fourth-order valence-corrected chi connectivity index (χ4v) is 6.97. The predicted octanol–water partition coefficient (Wildman–Crippen LogP) is 5.12. The third-order valence-electron chi connectivity index (χ3n) is 5.57. The highest BCUT2D eigenvalue weighted by Crippen LogP contribution is 2.36. The van der Waals surface area contributed by atoms with Gasteiger partial charge in [0, 0.05) is 49.8 Å². The number of carbonyl (C=O) groups is 1. The number of fused-ring (bicyclic) bond motifs is 1. The van der Waals surface area contributed by atoms with Crippen LogP contribution < -0.4 is 0 Å². The van der Waals surface area contributed by atoms with Gasteiger partial charge in [-0.25, -0.2) is 8.42 Å². The molecule has 0 radical (unpaired) electrons. The van der Waals surface area contributed by atoms with E-state index in [0.717, 1.165) is 37.6 Å². The molecule has 0 bridgehead atoms. The highest BCUT2D eigenvalue weighted by atomic mass is 127. The topological polar surface area (TPSA) is 59.4 Å². The standard InChI is InChI=1S/C23H25IN2O3S2/c1-16(2)30-19-4-6-20(7-5-19)31(28,29)26-10-9-17(14-26)22-15-25(11-12-27)23-13-18(24)3-8-21(22)23/h3-8,12-13,15-17H,9-11,14H2,1-2H3. The molecule has 0 amide bonds. The normalized spacial score (nSPS) is 17.6. The Morgan fingerprint density at radius 3 is 2.61 bits per heavy atom. The first kappa shape index (κ1) is 22.8. The molecule has 0 aliphatic carbocycles. The Bertz CT molecular complexity index is 1200. The number of sulfonamides is 1. The van der Waals surface area contributed by atoms with Crippen LogP contribution in [0.15, 0.2) is 58.5 Å². The van der Waals surface area contributed by atoms with Crippen LogP contribution in [0.25, 0.3) is 10.9 Å². The summed E-state index contributed by atoms with van der Waals surface area (Å²) in [5.41, 5.74) is 2.14. The summed E-state index contributed by atoms with van der Waals surface area (Å²) in [6, 6.07) is 13.4. The van der Waals surface area contributed by atoms with Gasteiger partial charge in [-0.2, -0.15) is 4.31 Å². The molecule has 31 heavy (non-hydrogen) atoms. The van der Waals surface area contributed by atoms with Crippen LogP contribution in [-0.2, 0) is 21.4 Å². The maximum absolute atomic E-state index is 13.2. The third kappa shape index (κ3) is 4.72. The molecule has 0 spiro atoms. The molecule has 1 aromatic heterocycles. The first-order valence-electron chi connectivity index (χ1n) is 10.3. The van der Waals surface area contributed by atoms with Crippen molar-refractivity contribution in [3.05, 3.63) is 57.8 Å². The number of rotatable bonds is 7. The maximum Gasteiger partial charge on any atom is 0.243 e. The number of carbonyl (C=O) groups excluding carboxylic acids is 1. The fourth-order valence-electron chi connectivity index (χ4n) is 4.16. The molecule has 5 nitrogen and oxygen atoms in total. The first-order chi connectivity index (χ1) is 14.8. The summed E-state index contributed by atoms with van der Waals surface area (Å²) in [6.45, 7) is 5.49. The van der Waals surface area contributed by atoms with Crippen LogP contribution in [0, 0.1) is 3.57 Å². The Kier molecular flexibility index (Phi) is 6.81. The van der Waals surface area contributed by atoms with Gasteiger partial charge < -0.3 is 9.36 Å². The molecular weight excluding hydrogens is 543 g/mol. The molecule has 1 atom stereocenters.